The Morgan fingerprint density at radius 1 is 1.00 bits per heavy atom. The van der Waals surface area contributed by atoms with Crippen LogP contribution < -0.4 is 10.6 Å². The van der Waals surface area contributed by atoms with Crippen LogP contribution in [0.5, 0.6) is 0 Å². The van der Waals surface area contributed by atoms with Gasteiger partial charge in [0.1, 0.15) is 11.5 Å². The van der Waals surface area contributed by atoms with Crippen LogP contribution in [0.1, 0.15) is 21.6 Å². The molecule has 126 valence electrons. The van der Waals surface area contributed by atoms with Gasteiger partial charge >= 0.3 is 0 Å². The summed E-state index contributed by atoms with van der Waals surface area (Å²) < 4.78 is 0. The molecule has 1 aromatic heterocycles. The first-order chi connectivity index (χ1) is 12.0. The fourth-order valence-electron chi connectivity index (χ4n) is 2.25. The van der Waals surface area contributed by atoms with Gasteiger partial charge in [0, 0.05) is 16.4 Å². The number of aryl methyl sites for hydroxylation is 2. The number of benzene rings is 2. The summed E-state index contributed by atoms with van der Waals surface area (Å²) >= 11 is 5.95. The van der Waals surface area contributed by atoms with Gasteiger partial charge in [-0.15, -0.1) is 0 Å². The second-order valence-electron chi connectivity index (χ2n) is 5.69. The van der Waals surface area contributed by atoms with E-state index in [9.17, 15) is 4.79 Å². The van der Waals surface area contributed by atoms with Crippen LogP contribution in [0.2, 0.25) is 5.02 Å². The lowest BCUT2D eigenvalue weighted by Gasteiger charge is -2.09. The van der Waals surface area contributed by atoms with Crippen LogP contribution >= 0.6 is 11.6 Å². The van der Waals surface area contributed by atoms with Crippen LogP contribution in [0, 0.1) is 13.8 Å². The number of nitrogens with one attached hydrogen (secondary N) is 2. The molecule has 0 saturated carbocycles. The highest BCUT2D eigenvalue weighted by Gasteiger charge is 2.09. The highest BCUT2D eigenvalue weighted by atomic mass is 35.5. The van der Waals surface area contributed by atoms with E-state index in [0.29, 0.717) is 10.8 Å². The van der Waals surface area contributed by atoms with E-state index < -0.39 is 0 Å². The molecular formula is C19H17ClN4O. The van der Waals surface area contributed by atoms with Gasteiger partial charge in [-0.05, 0) is 49.7 Å². The minimum atomic E-state index is -0.300. The van der Waals surface area contributed by atoms with Crippen LogP contribution in [0.4, 0.5) is 17.2 Å². The van der Waals surface area contributed by atoms with Gasteiger partial charge in [0.2, 0.25) is 0 Å². The molecule has 6 heteroatoms. The second-order valence-corrected chi connectivity index (χ2v) is 6.13. The summed E-state index contributed by atoms with van der Waals surface area (Å²) in [5.41, 5.74) is 3.98. The molecule has 0 spiro atoms. The quantitative estimate of drug-likeness (QED) is 0.711. The van der Waals surface area contributed by atoms with Crippen LogP contribution in [0.15, 0.2) is 54.9 Å². The van der Waals surface area contributed by atoms with Crippen LogP contribution in [0.25, 0.3) is 0 Å². The monoisotopic (exact) mass is 352 g/mol. The first-order valence-corrected chi connectivity index (χ1v) is 8.12. The Balaban J connectivity index is 1.69. The first kappa shape index (κ1) is 16.9. The lowest BCUT2D eigenvalue weighted by molar-refractivity contribution is 0.102. The summed E-state index contributed by atoms with van der Waals surface area (Å²) in [5, 5.41) is 6.63. The van der Waals surface area contributed by atoms with Crippen molar-refractivity contribution in [1.29, 1.82) is 0 Å². The van der Waals surface area contributed by atoms with E-state index in [1.54, 1.807) is 6.07 Å². The van der Waals surface area contributed by atoms with E-state index in [0.717, 1.165) is 22.5 Å². The lowest BCUT2D eigenvalue weighted by Crippen LogP contribution is -2.14. The number of hydrogen-bond acceptors (Lipinski definition) is 4. The first-order valence-electron chi connectivity index (χ1n) is 7.74. The van der Waals surface area contributed by atoms with Gasteiger partial charge in [0.05, 0.1) is 12.4 Å². The average molecular weight is 353 g/mol. The van der Waals surface area contributed by atoms with E-state index in [-0.39, 0.29) is 11.6 Å². The molecule has 0 aliphatic carbocycles. The molecule has 1 heterocycles. The van der Waals surface area contributed by atoms with Crippen molar-refractivity contribution in [3.05, 3.63) is 76.7 Å². The lowest BCUT2D eigenvalue weighted by atomic mass is 10.2. The van der Waals surface area contributed by atoms with Crippen molar-refractivity contribution in [2.24, 2.45) is 0 Å². The highest BCUT2D eigenvalue weighted by molar-refractivity contribution is 6.30. The summed E-state index contributed by atoms with van der Waals surface area (Å²) in [4.78, 5) is 20.6. The van der Waals surface area contributed by atoms with Gasteiger partial charge in [-0.1, -0.05) is 29.3 Å². The van der Waals surface area contributed by atoms with E-state index in [1.165, 1.54) is 12.4 Å². The van der Waals surface area contributed by atoms with Crippen molar-refractivity contribution >= 4 is 34.7 Å². The van der Waals surface area contributed by atoms with E-state index in [2.05, 4.69) is 20.6 Å². The fourth-order valence-corrected chi connectivity index (χ4v) is 2.47. The van der Waals surface area contributed by atoms with E-state index in [1.807, 2.05) is 50.2 Å². The SMILES string of the molecule is Cc1ccc(NC(=O)c2cnc(Nc3ccc(Cl)cc3C)cn2)cc1. The molecule has 0 aliphatic rings. The summed E-state index contributed by atoms with van der Waals surface area (Å²) in [6.07, 6.45) is 2.97. The third-order valence-electron chi connectivity index (χ3n) is 3.65. The molecule has 0 aliphatic heterocycles. The maximum absolute atomic E-state index is 12.2. The Bertz CT molecular complexity index is 892. The predicted octanol–water partition coefficient (Wildman–Crippen LogP) is 4.74. The Labute approximate surface area is 151 Å². The Hall–Kier alpha value is -2.92. The Morgan fingerprint density at radius 3 is 2.40 bits per heavy atom. The molecule has 0 saturated heterocycles. The molecule has 0 fully saturated rings. The highest BCUT2D eigenvalue weighted by Crippen LogP contribution is 2.22. The van der Waals surface area contributed by atoms with Crippen molar-refractivity contribution in [2.75, 3.05) is 10.6 Å². The Morgan fingerprint density at radius 2 is 1.76 bits per heavy atom. The molecule has 3 rings (SSSR count). The number of carbonyl (C=O) groups excluding carboxylic acids is 1. The second kappa shape index (κ2) is 7.32. The minimum absolute atomic E-state index is 0.249. The zero-order chi connectivity index (χ0) is 17.8. The van der Waals surface area contributed by atoms with E-state index >= 15 is 0 Å². The standard InChI is InChI=1S/C19H17ClN4O/c1-12-3-6-15(7-4-12)23-19(25)17-10-22-18(11-21-17)24-16-8-5-14(20)9-13(16)2/h3-11H,1-2H3,(H,22,24)(H,23,25). The molecular weight excluding hydrogens is 336 g/mol. The fraction of sp³-hybridized carbons (Fsp3) is 0.105. The maximum Gasteiger partial charge on any atom is 0.275 e. The van der Waals surface area contributed by atoms with Crippen LogP contribution in [0.3, 0.4) is 0 Å². The van der Waals surface area contributed by atoms with Gasteiger partial charge in [-0.25, -0.2) is 9.97 Å². The van der Waals surface area contributed by atoms with Crippen LogP contribution in [-0.4, -0.2) is 15.9 Å². The van der Waals surface area contributed by atoms with Gasteiger partial charge in [0.15, 0.2) is 0 Å². The van der Waals surface area contributed by atoms with Crippen molar-refractivity contribution in [3.63, 3.8) is 0 Å². The Kier molecular flexibility index (Phi) is 4.95. The molecule has 0 unspecified atom stereocenters. The molecule has 3 aromatic rings. The molecule has 0 radical (unpaired) electrons. The molecule has 5 nitrogen and oxygen atoms in total. The summed E-state index contributed by atoms with van der Waals surface area (Å²) in [6.45, 7) is 3.94. The number of amides is 1. The van der Waals surface area contributed by atoms with Crippen molar-refractivity contribution in [2.45, 2.75) is 13.8 Å². The zero-order valence-electron chi connectivity index (χ0n) is 13.9. The van der Waals surface area contributed by atoms with Gasteiger partial charge in [0.25, 0.3) is 5.91 Å². The molecule has 2 N–H and O–H groups in total. The third kappa shape index (κ3) is 4.33. The zero-order valence-corrected chi connectivity index (χ0v) is 14.6. The predicted molar refractivity (Wildman–Crippen MR) is 101 cm³/mol. The van der Waals surface area contributed by atoms with Gasteiger partial charge in [-0.3, -0.25) is 4.79 Å². The molecule has 2 aromatic carbocycles. The van der Waals surface area contributed by atoms with Crippen LogP contribution in [-0.2, 0) is 0 Å². The smallest absolute Gasteiger partial charge is 0.275 e. The van der Waals surface area contributed by atoms with Crippen molar-refractivity contribution in [1.82, 2.24) is 9.97 Å². The number of halogens is 1. The normalized spacial score (nSPS) is 10.4. The number of carbonyl (C=O) groups is 1. The average Bonchev–Trinajstić information content (AvgIpc) is 2.60. The number of rotatable bonds is 4. The number of hydrogen-bond donors (Lipinski definition) is 2. The summed E-state index contributed by atoms with van der Waals surface area (Å²) in [6, 6.07) is 13.1. The third-order valence-corrected chi connectivity index (χ3v) is 3.88. The van der Waals surface area contributed by atoms with E-state index in [4.69, 9.17) is 11.6 Å². The van der Waals surface area contributed by atoms with Gasteiger partial charge in [-0.2, -0.15) is 0 Å². The molecule has 25 heavy (non-hydrogen) atoms. The number of anilines is 3. The van der Waals surface area contributed by atoms with Crippen molar-refractivity contribution in [3.8, 4) is 0 Å². The number of aromatic nitrogens is 2. The number of nitrogens with zero attached hydrogens (tertiary/aromatic N) is 2. The minimum Gasteiger partial charge on any atom is -0.339 e. The molecule has 1 amide bonds. The van der Waals surface area contributed by atoms with Crippen molar-refractivity contribution < 1.29 is 4.79 Å². The summed E-state index contributed by atoms with van der Waals surface area (Å²) in [5.74, 6) is 0.253. The van der Waals surface area contributed by atoms with Gasteiger partial charge < -0.3 is 10.6 Å². The molecule has 0 bridgehead atoms. The molecule has 0 atom stereocenters. The summed E-state index contributed by atoms with van der Waals surface area (Å²) in [7, 11) is 0. The maximum atomic E-state index is 12.2. The topological polar surface area (TPSA) is 66.9 Å². The largest absolute Gasteiger partial charge is 0.339 e.